The second-order valence-electron chi connectivity index (χ2n) is 7.82. The summed E-state index contributed by atoms with van der Waals surface area (Å²) in [4.78, 5) is 0. The van der Waals surface area contributed by atoms with Crippen LogP contribution in [0.1, 0.15) is 31.4 Å². The summed E-state index contributed by atoms with van der Waals surface area (Å²) in [6, 6.07) is 8.90. The molecule has 0 amide bonds. The third-order valence-electron chi connectivity index (χ3n) is 4.81. The molecule has 0 bridgehead atoms. The maximum absolute atomic E-state index is 13.3. The summed E-state index contributed by atoms with van der Waals surface area (Å²) < 4.78 is 144. The number of halogens is 6. The van der Waals surface area contributed by atoms with Crippen LogP contribution in [-0.2, 0) is 28.8 Å². The van der Waals surface area contributed by atoms with Crippen LogP contribution in [0.5, 0.6) is 11.5 Å². The number of hydrogen-bond donors (Lipinski definition) is 0. The highest BCUT2D eigenvalue weighted by atomic mass is 32.2. The molecule has 0 radical (unpaired) electrons. The van der Waals surface area contributed by atoms with E-state index in [2.05, 4.69) is 18.9 Å². The number of benzene rings is 2. The van der Waals surface area contributed by atoms with E-state index in [0.717, 1.165) is 24.3 Å². The summed E-state index contributed by atoms with van der Waals surface area (Å²) in [7, 11) is -8.50. The SMILES string of the molecule is CCS(=O)(=O)O/N=C(/c1ccc(OCCCOc2ccc(/C(=N/OS(=O)(=O)CC)C(F)(F)F)cc2)cc1)C(F)(F)F. The number of ether oxygens (including phenoxy) is 2. The lowest BCUT2D eigenvalue weighted by Crippen LogP contribution is -2.25. The zero-order valence-electron chi connectivity index (χ0n) is 21.4. The van der Waals surface area contributed by atoms with Gasteiger partial charge in [-0.05, 0) is 62.4 Å². The van der Waals surface area contributed by atoms with Crippen molar-refractivity contribution in [3.8, 4) is 11.5 Å². The molecule has 0 aliphatic carbocycles. The van der Waals surface area contributed by atoms with Crippen LogP contribution in [0, 0.1) is 0 Å². The number of oxime groups is 2. The second-order valence-corrected chi connectivity index (χ2v) is 11.5. The van der Waals surface area contributed by atoms with E-state index in [1.807, 2.05) is 0 Å². The van der Waals surface area contributed by atoms with Crippen molar-refractivity contribution >= 4 is 31.7 Å². The minimum absolute atomic E-state index is 0.0591. The van der Waals surface area contributed by atoms with Crippen LogP contribution < -0.4 is 9.47 Å². The molecule has 0 saturated heterocycles. The number of rotatable bonds is 14. The lowest BCUT2D eigenvalue weighted by Gasteiger charge is -2.12. The van der Waals surface area contributed by atoms with Crippen LogP contribution in [0.3, 0.4) is 0 Å². The summed E-state index contributed by atoms with van der Waals surface area (Å²) in [6.07, 6.45) is -9.71. The van der Waals surface area contributed by atoms with Crippen molar-refractivity contribution in [3.05, 3.63) is 59.7 Å². The zero-order chi connectivity index (χ0) is 30.9. The minimum atomic E-state index is -4.99. The van der Waals surface area contributed by atoms with Gasteiger partial charge in [-0.25, -0.2) is 0 Å². The molecule has 2 aromatic carbocycles. The van der Waals surface area contributed by atoms with Crippen molar-refractivity contribution in [1.29, 1.82) is 0 Å². The largest absolute Gasteiger partial charge is 0.493 e. The number of alkyl halides is 6. The van der Waals surface area contributed by atoms with E-state index in [4.69, 9.17) is 9.47 Å². The van der Waals surface area contributed by atoms with Gasteiger partial charge in [-0.1, -0.05) is 10.3 Å². The van der Waals surface area contributed by atoms with E-state index in [0.29, 0.717) is 0 Å². The molecular formula is C23H24F6N2O8S2. The molecule has 10 nitrogen and oxygen atoms in total. The third kappa shape index (κ3) is 11.1. The highest BCUT2D eigenvalue weighted by Gasteiger charge is 2.39. The van der Waals surface area contributed by atoms with Crippen LogP contribution in [0.4, 0.5) is 26.3 Å². The first-order valence-corrected chi connectivity index (χ1v) is 14.7. The highest BCUT2D eigenvalue weighted by molar-refractivity contribution is 7.86. The maximum atomic E-state index is 13.3. The molecule has 0 N–H and O–H groups in total. The smallest absolute Gasteiger partial charge is 0.437 e. The Labute approximate surface area is 231 Å². The average molecular weight is 635 g/mol. The van der Waals surface area contributed by atoms with Gasteiger partial charge in [-0.2, -0.15) is 43.2 Å². The fourth-order valence-electron chi connectivity index (χ4n) is 2.69. The maximum Gasteiger partial charge on any atom is 0.437 e. The van der Waals surface area contributed by atoms with Gasteiger partial charge >= 0.3 is 32.6 Å². The molecule has 0 saturated carbocycles. The van der Waals surface area contributed by atoms with Gasteiger partial charge < -0.3 is 9.47 Å². The second kappa shape index (κ2) is 13.9. The molecule has 0 aromatic heterocycles. The topological polar surface area (TPSA) is 130 Å². The average Bonchev–Trinajstić information content (AvgIpc) is 2.88. The van der Waals surface area contributed by atoms with Gasteiger partial charge in [0.1, 0.15) is 11.5 Å². The molecule has 2 rings (SSSR count). The zero-order valence-corrected chi connectivity index (χ0v) is 23.0. The molecule has 0 aliphatic heterocycles. The quantitative estimate of drug-likeness (QED) is 0.125. The first-order valence-electron chi connectivity index (χ1n) is 11.6. The first-order chi connectivity index (χ1) is 19.0. The van der Waals surface area contributed by atoms with Gasteiger partial charge in [-0.3, -0.25) is 8.57 Å². The first kappa shape index (κ1) is 33.7. The highest BCUT2D eigenvalue weighted by Crippen LogP contribution is 2.26. The van der Waals surface area contributed by atoms with Crippen LogP contribution in [0.15, 0.2) is 58.8 Å². The monoisotopic (exact) mass is 634 g/mol. The molecular weight excluding hydrogens is 610 g/mol. The molecule has 18 heteroatoms. The van der Waals surface area contributed by atoms with Crippen LogP contribution in [0.25, 0.3) is 0 Å². The molecule has 0 atom stereocenters. The van der Waals surface area contributed by atoms with E-state index in [1.54, 1.807) is 0 Å². The number of nitrogens with zero attached hydrogens (tertiary/aromatic N) is 2. The Morgan fingerprint density at radius 2 is 0.951 bits per heavy atom. The predicted octanol–water partition coefficient (Wildman–Crippen LogP) is 4.80. The third-order valence-corrected chi connectivity index (χ3v) is 6.83. The van der Waals surface area contributed by atoms with E-state index < -0.39 is 66.6 Å². The van der Waals surface area contributed by atoms with E-state index >= 15 is 0 Å². The van der Waals surface area contributed by atoms with Gasteiger partial charge in [-0.15, -0.1) is 0 Å². The van der Waals surface area contributed by atoms with Crippen molar-refractivity contribution in [2.45, 2.75) is 32.6 Å². The van der Waals surface area contributed by atoms with Crippen molar-refractivity contribution in [2.24, 2.45) is 10.3 Å². The van der Waals surface area contributed by atoms with Crippen molar-refractivity contribution in [2.75, 3.05) is 24.7 Å². The summed E-state index contributed by atoms with van der Waals surface area (Å²) >= 11 is 0. The van der Waals surface area contributed by atoms with Crippen molar-refractivity contribution in [1.82, 2.24) is 0 Å². The molecule has 0 fully saturated rings. The normalized spacial score (nSPS) is 13.6. The Bertz CT molecular complexity index is 1310. The van der Waals surface area contributed by atoms with E-state index in [1.165, 1.54) is 38.1 Å². The van der Waals surface area contributed by atoms with Crippen molar-refractivity contribution < 1.29 is 61.2 Å². The van der Waals surface area contributed by atoms with Gasteiger partial charge in [0.15, 0.2) is 11.4 Å². The number of hydrogen-bond acceptors (Lipinski definition) is 10. The minimum Gasteiger partial charge on any atom is -0.493 e. The molecule has 41 heavy (non-hydrogen) atoms. The molecule has 0 aliphatic rings. The Morgan fingerprint density at radius 1 is 0.634 bits per heavy atom. The van der Waals surface area contributed by atoms with E-state index in [-0.39, 0.29) is 31.1 Å². The Hall–Kier alpha value is -3.54. The fourth-order valence-corrected chi connectivity index (χ4v) is 3.27. The van der Waals surface area contributed by atoms with Crippen molar-refractivity contribution in [3.63, 3.8) is 0 Å². The van der Waals surface area contributed by atoms with Crippen LogP contribution in [-0.4, -0.2) is 65.3 Å². The van der Waals surface area contributed by atoms with Crippen LogP contribution in [0.2, 0.25) is 0 Å². The Morgan fingerprint density at radius 3 is 1.22 bits per heavy atom. The Kier molecular flexibility index (Phi) is 11.4. The summed E-state index contributed by atoms with van der Waals surface area (Å²) in [5.74, 6) is -0.763. The summed E-state index contributed by atoms with van der Waals surface area (Å²) in [5.41, 5.74) is -4.01. The molecule has 0 unspecified atom stereocenters. The standard InChI is InChI=1S/C23H24F6N2O8S2/c1-3-40(32,33)38-30-20(22(24,25)26)16-6-10-18(11-7-16)36-14-5-15-37-19-12-8-17(9-13-19)21(23(27,28)29)31-39-41(34,35)4-2/h6-13H,3-5,14-15H2,1-2H3/b30-20-,31-21-. The van der Waals surface area contributed by atoms with Gasteiger partial charge in [0.05, 0.1) is 24.7 Å². The lowest BCUT2D eigenvalue weighted by molar-refractivity contribution is -0.0606. The van der Waals surface area contributed by atoms with Crippen LogP contribution >= 0.6 is 0 Å². The van der Waals surface area contributed by atoms with E-state index in [9.17, 15) is 43.2 Å². The van der Waals surface area contributed by atoms with Gasteiger partial charge in [0.25, 0.3) is 0 Å². The lowest BCUT2D eigenvalue weighted by atomic mass is 10.1. The summed E-state index contributed by atoms with van der Waals surface area (Å²) in [5, 5.41) is 5.51. The summed E-state index contributed by atoms with van der Waals surface area (Å²) in [6.45, 7) is 2.47. The fraction of sp³-hybridized carbons (Fsp3) is 0.391. The molecule has 2 aromatic rings. The molecule has 0 heterocycles. The molecule has 0 spiro atoms. The Balaban J connectivity index is 1.93. The van der Waals surface area contributed by atoms with Gasteiger partial charge in [0.2, 0.25) is 0 Å². The van der Waals surface area contributed by atoms with Gasteiger partial charge in [0, 0.05) is 17.5 Å². The predicted molar refractivity (Wildman–Crippen MR) is 135 cm³/mol. The molecule has 228 valence electrons.